The smallest absolute Gasteiger partial charge is 0.331 e. The summed E-state index contributed by atoms with van der Waals surface area (Å²) in [5, 5.41) is 21.7. The average molecular weight is 567 g/mol. The Morgan fingerprint density at radius 2 is 1.92 bits per heavy atom. The van der Waals surface area contributed by atoms with Gasteiger partial charge in [-0.25, -0.2) is 22.9 Å². The predicted molar refractivity (Wildman–Crippen MR) is 138 cm³/mol. The number of aliphatic hydroxyl groups excluding tert-OH is 1. The van der Waals surface area contributed by atoms with Crippen molar-refractivity contribution in [2.24, 2.45) is 18.0 Å². The molecular weight excluding hydrogens is 537 g/mol. The summed E-state index contributed by atoms with van der Waals surface area (Å²) in [6.45, 7) is 4.05. The van der Waals surface area contributed by atoms with Crippen molar-refractivity contribution < 1.29 is 23.1 Å². The monoisotopic (exact) mass is 566 g/mol. The Morgan fingerprint density at radius 1 is 1.18 bits per heavy atom. The van der Waals surface area contributed by atoms with E-state index in [1.54, 1.807) is 7.05 Å². The third-order valence-corrected chi connectivity index (χ3v) is 6.86. The molecule has 1 aliphatic carbocycles. The van der Waals surface area contributed by atoms with E-state index in [-0.39, 0.29) is 29.8 Å². The van der Waals surface area contributed by atoms with Crippen molar-refractivity contribution >= 4 is 23.6 Å². The fraction of sp³-hybridized carbons (Fsp3) is 0.440. The fourth-order valence-corrected chi connectivity index (χ4v) is 4.70. The number of aryl methyl sites for hydroxylation is 1. The van der Waals surface area contributed by atoms with Crippen molar-refractivity contribution in [1.29, 1.82) is 0 Å². The topological polar surface area (TPSA) is 111 Å². The van der Waals surface area contributed by atoms with Crippen LogP contribution in [0.15, 0.2) is 46.3 Å². The summed E-state index contributed by atoms with van der Waals surface area (Å²) in [7, 11) is 1.65. The number of guanidine groups is 1. The molecule has 3 N–H and O–H groups in total. The lowest BCUT2D eigenvalue weighted by Gasteiger charge is -2.39. The summed E-state index contributed by atoms with van der Waals surface area (Å²) in [4.78, 5) is 23.9. The number of urea groups is 1. The number of allylic oxidation sites excluding steroid dienone is 1. The van der Waals surface area contributed by atoms with Crippen molar-refractivity contribution in [3.8, 4) is 0 Å². The predicted octanol–water partition coefficient (Wildman–Crippen LogP) is 3.31. The van der Waals surface area contributed by atoms with Gasteiger partial charge < -0.3 is 15.7 Å². The second kappa shape index (κ2) is 12.1. The number of amides is 2. The molecule has 39 heavy (non-hydrogen) atoms. The second-order valence-corrected chi connectivity index (χ2v) is 9.67. The van der Waals surface area contributed by atoms with E-state index in [1.165, 1.54) is 11.0 Å². The largest absolute Gasteiger partial charge is 0.391 e. The molecule has 0 radical (unpaired) electrons. The number of aliphatic imine (C=N–C) groups is 1. The van der Waals surface area contributed by atoms with Gasteiger partial charge in [0.2, 0.25) is 12.3 Å². The van der Waals surface area contributed by atoms with Crippen LogP contribution >= 0.6 is 11.6 Å². The molecule has 10 nitrogen and oxygen atoms in total. The van der Waals surface area contributed by atoms with E-state index in [4.69, 9.17) is 11.6 Å². The third kappa shape index (κ3) is 6.36. The van der Waals surface area contributed by atoms with Gasteiger partial charge in [-0.1, -0.05) is 24.6 Å². The number of carbonyl (C=O) groups excluding carboxylic acids is 1. The second-order valence-electron chi connectivity index (χ2n) is 9.23. The highest BCUT2D eigenvalue weighted by molar-refractivity contribution is 6.30. The average Bonchev–Trinajstić information content (AvgIpc) is 3.31. The first-order valence-electron chi connectivity index (χ1n) is 12.5. The summed E-state index contributed by atoms with van der Waals surface area (Å²) in [6.07, 6.45) is 4.95. The highest BCUT2D eigenvalue weighted by atomic mass is 35.5. The Labute approximate surface area is 228 Å². The Kier molecular flexibility index (Phi) is 8.80. The molecule has 1 aliphatic heterocycles. The molecule has 14 heteroatoms. The molecule has 210 valence electrons. The van der Waals surface area contributed by atoms with Gasteiger partial charge in [0.15, 0.2) is 17.5 Å². The van der Waals surface area contributed by atoms with Crippen LogP contribution in [-0.2, 0) is 20.1 Å². The number of nitrogens with zero attached hydrogens (tertiary/aromatic N) is 6. The molecular formula is C25H30ClF3N8O2. The van der Waals surface area contributed by atoms with Crippen molar-refractivity contribution in [1.82, 2.24) is 35.2 Å². The number of aliphatic hydroxyl groups is 1. The maximum absolute atomic E-state index is 14.6. The van der Waals surface area contributed by atoms with E-state index in [0.29, 0.717) is 23.6 Å². The summed E-state index contributed by atoms with van der Waals surface area (Å²) in [5.41, 5.74) is 0.790. The highest BCUT2D eigenvalue weighted by Gasteiger charge is 2.38. The van der Waals surface area contributed by atoms with Gasteiger partial charge in [0.25, 0.3) is 0 Å². The molecule has 2 amide bonds. The standard InChI is InChI=1S/C25H30ClF3N8O2/c1-4-14-6-17(26)21(8-15(14)10-30-5-2)32-23-33-24(38)37(12-22-31-13-35(3)34-22)25(39)36(23)11-16-7-19(28)20(29)9-18(16)27/h6-7,9-10,13-14,21,24,30,38H,4-5,8,11-12H2,1-3H3,(H,32,33)/b15-10-. The normalized spacial score (nSPS) is 22.7. The van der Waals surface area contributed by atoms with Gasteiger partial charge in [0.1, 0.15) is 12.1 Å². The van der Waals surface area contributed by atoms with Gasteiger partial charge >= 0.3 is 6.03 Å². The van der Waals surface area contributed by atoms with Gasteiger partial charge in [-0.15, -0.1) is 0 Å². The van der Waals surface area contributed by atoms with E-state index in [9.17, 15) is 23.1 Å². The lowest BCUT2D eigenvalue weighted by Crippen LogP contribution is -2.59. The van der Waals surface area contributed by atoms with Gasteiger partial charge in [-0.05, 0) is 37.6 Å². The Balaban J connectivity index is 1.67. The van der Waals surface area contributed by atoms with Crippen LogP contribution in [0.4, 0.5) is 18.0 Å². The number of halogens is 4. The Bertz CT molecular complexity index is 1310. The molecule has 3 unspecified atom stereocenters. The fourth-order valence-electron chi connectivity index (χ4n) is 4.42. The van der Waals surface area contributed by atoms with Crippen molar-refractivity contribution in [2.45, 2.75) is 52.2 Å². The van der Waals surface area contributed by atoms with Crippen LogP contribution < -0.4 is 10.6 Å². The molecule has 4 rings (SSSR count). The van der Waals surface area contributed by atoms with Crippen LogP contribution in [0.25, 0.3) is 0 Å². The summed E-state index contributed by atoms with van der Waals surface area (Å²) >= 11 is 6.61. The molecule has 0 fully saturated rings. The molecule has 2 aromatic rings. The third-order valence-electron chi connectivity index (χ3n) is 6.47. The maximum Gasteiger partial charge on any atom is 0.331 e. The number of benzene rings is 1. The quantitative estimate of drug-likeness (QED) is 0.423. The summed E-state index contributed by atoms with van der Waals surface area (Å²) < 4.78 is 43.6. The number of carbonyl (C=O) groups is 1. The molecule has 2 aliphatic rings. The summed E-state index contributed by atoms with van der Waals surface area (Å²) in [5.74, 6) is -3.41. The molecule has 0 bridgehead atoms. The SMILES string of the molecule is CCN/C=C1/CC(NC2=NC(O)N(Cc3ncn(C)n3)C(=O)N2Cc2cc(F)c(F)cc2F)C(Cl)=CC1CC. The lowest BCUT2D eigenvalue weighted by atomic mass is 9.86. The Hall–Kier alpha value is -3.58. The first-order valence-corrected chi connectivity index (χ1v) is 12.9. The van der Waals surface area contributed by atoms with Gasteiger partial charge in [-0.2, -0.15) is 10.1 Å². The van der Waals surface area contributed by atoms with Crippen LogP contribution in [0.1, 0.15) is 38.1 Å². The minimum atomic E-state index is -1.62. The number of rotatable bonds is 8. The van der Waals surface area contributed by atoms with E-state index < -0.39 is 42.4 Å². The minimum Gasteiger partial charge on any atom is -0.391 e. The van der Waals surface area contributed by atoms with Crippen LogP contribution in [0, 0.1) is 23.4 Å². The van der Waals surface area contributed by atoms with Crippen molar-refractivity contribution in [2.75, 3.05) is 6.54 Å². The van der Waals surface area contributed by atoms with E-state index in [2.05, 4.69) is 25.7 Å². The number of hydrogen-bond acceptors (Lipinski definition) is 7. The molecule has 2 heterocycles. The van der Waals surface area contributed by atoms with Gasteiger partial charge in [-0.3, -0.25) is 14.5 Å². The summed E-state index contributed by atoms with van der Waals surface area (Å²) in [6, 6.07) is -0.194. The van der Waals surface area contributed by atoms with Gasteiger partial charge in [0, 0.05) is 36.2 Å². The first kappa shape index (κ1) is 28.4. The minimum absolute atomic E-state index is 0.101. The van der Waals surface area contributed by atoms with Gasteiger partial charge in [0.05, 0.1) is 19.1 Å². The van der Waals surface area contributed by atoms with Crippen LogP contribution in [0.3, 0.4) is 0 Å². The first-order chi connectivity index (χ1) is 18.6. The van der Waals surface area contributed by atoms with Crippen molar-refractivity contribution in [3.63, 3.8) is 0 Å². The molecule has 3 atom stereocenters. The molecule has 0 saturated heterocycles. The maximum atomic E-state index is 14.6. The number of nitrogens with one attached hydrogen (secondary N) is 2. The Morgan fingerprint density at radius 3 is 2.59 bits per heavy atom. The highest BCUT2D eigenvalue weighted by Crippen LogP contribution is 2.33. The van der Waals surface area contributed by atoms with E-state index in [0.717, 1.165) is 28.3 Å². The molecule has 0 saturated carbocycles. The van der Waals surface area contributed by atoms with E-state index in [1.807, 2.05) is 26.1 Å². The van der Waals surface area contributed by atoms with Crippen molar-refractivity contribution in [3.05, 3.63) is 70.2 Å². The zero-order chi connectivity index (χ0) is 28.3. The molecule has 1 aromatic heterocycles. The molecule has 1 aromatic carbocycles. The van der Waals surface area contributed by atoms with Crippen LogP contribution in [0.5, 0.6) is 0 Å². The molecule has 0 spiro atoms. The zero-order valence-corrected chi connectivity index (χ0v) is 22.5. The zero-order valence-electron chi connectivity index (χ0n) is 21.7. The van der Waals surface area contributed by atoms with E-state index >= 15 is 0 Å². The van der Waals surface area contributed by atoms with Crippen LogP contribution in [-0.4, -0.2) is 60.6 Å². The number of hydrogen-bond donors (Lipinski definition) is 3. The number of aromatic nitrogens is 3. The lowest BCUT2D eigenvalue weighted by molar-refractivity contribution is 0.0127. The van der Waals surface area contributed by atoms with Crippen LogP contribution in [0.2, 0.25) is 0 Å².